The molecule has 304 valence electrons. The van der Waals surface area contributed by atoms with Crippen molar-refractivity contribution in [3.05, 3.63) is 36.7 Å². The largest absolute Gasteiger partial charge is 0.490 e. The van der Waals surface area contributed by atoms with E-state index in [9.17, 15) is 14.4 Å². The average Bonchev–Trinajstić information content (AvgIpc) is 3.36. The van der Waals surface area contributed by atoms with Gasteiger partial charge in [0, 0.05) is 19.0 Å². The molecule has 15 heteroatoms. The number of nitrogens with zero attached hydrogens (tertiary/aromatic N) is 3. The summed E-state index contributed by atoms with van der Waals surface area (Å²) in [7, 11) is -2.26. The summed E-state index contributed by atoms with van der Waals surface area (Å²) >= 11 is 0. The standard InChI is InChI=1S/C39H65N5O9Si/c1-36(2,3)49-33(45)32(52-40)26-48-30-17-15-28(16-18-30)29-23-43(22-27-20-42(21-27)35(47)51-38(7,8)9)44(24-29)25-31(53-54(13,14)39(10,11)12)19-41-34(46)50-37(4,5)6/h15-18,23-24,27,31-32H,19-22,25-26,40H2,1-14H3/p+1/t31-,32-/m0/s1. The second kappa shape index (κ2) is 17.4. The number of ether oxygens (including phenoxy) is 4. The van der Waals surface area contributed by atoms with E-state index in [0.29, 0.717) is 31.9 Å². The van der Waals surface area contributed by atoms with E-state index in [1.807, 2.05) is 65.8 Å². The summed E-state index contributed by atoms with van der Waals surface area (Å²) in [5.41, 5.74) is 0.00211. The van der Waals surface area contributed by atoms with Crippen LogP contribution in [0.4, 0.5) is 9.59 Å². The first-order valence-corrected chi connectivity index (χ1v) is 21.6. The second-order valence-electron chi connectivity index (χ2n) is 18.6. The number of hydrogen-bond donors (Lipinski definition) is 2. The van der Waals surface area contributed by atoms with Crippen molar-refractivity contribution in [1.82, 2.24) is 14.9 Å². The van der Waals surface area contributed by atoms with Crippen molar-refractivity contribution in [3.63, 3.8) is 0 Å². The molecule has 54 heavy (non-hydrogen) atoms. The zero-order chi connectivity index (χ0) is 40.9. The van der Waals surface area contributed by atoms with E-state index < -0.39 is 43.3 Å². The van der Waals surface area contributed by atoms with Crippen LogP contribution in [0.2, 0.25) is 18.1 Å². The van der Waals surface area contributed by atoms with Crippen molar-refractivity contribution in [2.24, 2.45) is 11.8 Å². The van der Waals surface area contributed by atoms with Crippen molar-refractivity contribution in [2.75, 3.05) is 26.2 Å². The van der Waals surface area contributed by atoms with Gasteiger partial charge in [-0.2, -0.15) is 4.68 Å². The van der Waals surface area contributed by atoms with Gasteiger partial charge < -0.3 is 33.6 Å². The van der Waals surface area contributed by atoms with Gasteiger partial charge in [-0.1, -0.05) is 32.9 Å². The topological polar surface area (TPSA) is 157 Å². The number of benzene rings is 1. The van der Waals surface area contributed by atoms with Gasteiger partial charge in [-0.25, -0.2) is 20.3 Å². The third kappa shape index (κ3) is 14.2. The van der Waals surface area contributed by atoms with Crippen LogP contribution in [0, 0.1) is 5.92 Å². The maximum Gasteiger partial charge on any atom is 0.410 e. The predicted octanol–water partition coefficient (Wildman–Crippen LogP) is 6.20. The molecule has 1 fully saturated rings. The van der Waals surface area contributed by atoms with Crippen molar-refractivity contribution in [3.8, 4) is 16.9 Å². The van der Waals surface area contributed by atoms with Crippen molar-refractivity contribution in [2.45, 2.75) is 143 Å². The lowest BCUT2D eigenvalue weighted by Crippen LogP contribution is -2.57. The van der Waals surface area contributed by atoms with Gasteiger partial charge in [0.05, 0.1) is 24.8 Å². The zero-order valence-electron chi connectivity index (χ0n) is 35.0. The van der Waals surface area contributed by atoms with Crippen molar-refractivity contribution in [1.29, 1.82) is 0 Å². The maximum atomic E-state index is 12.7. The fraction of sp³-hybridized carbons (Fsp3) is 0.692. The Bertz CT molecular complexity index is 1560. The SMILES string of the molecule is CC(C)(C)OC(=O)NC[C@@H](C[n+]1cc(-c2ccc(OC[C@H](ON)C(=O)OC(C)(C)C)cc2)cn1CC1CN(C(=O)OC(C)(C)C)C1)O[Si](C)(C)C(C)(C)C. The number of aromatic nitrogens is 2. The fourth-order valence-corrected chi connectivity index (χ4v) is 6.64. The lowest BCUT2D eigenvalue weighted by atomic mass is 10.0. The number of nitrogens with one attached hydrogen (secondary N) is 1. The molecule has 1 aliphatic rings. The van der Waals surface area contributed by atoms with Crippen LogP contribution in [0.1, 0.15) is 83.1 Å². The Balaban J connectivity index is 1.87. The third-order valence-electron chi connectivity index (χ3n) is 8.91. The van der Waals surface area contributed by atoms with Crippen LogP contribution in [-0.4, -0.2) is 91.3 Å². The van der Waals surface area contributed by atoms with E-state index in [2.05, 4.69) is 60.9 Å². The Morgan fingerprint density at radius 1 is 0.870 bits per heavy atom. The lowest BCUT2D eigenvalue weighted by Gasteiger charge is -2.39. The Labute approximate surface area is 323 Å². The summed E-state index contributed by atoms with van der Waals surface area (Å²) in [6, 6.07) is 7.51. The fourth-order valence-electron chi connectivity index (χ4n) is 5.30. The monoisotopic (exact) mass is 776 g/mol. The molecule has 14 nitrogen and oxygen atoms in total. The third-order valence-corrected chi connectivity index (χ3v) is 13.4. The number of hydrogen-bond acceptors (Lipinski definition) is 10. The Morgan fingerprint density at radius 2 is 1.44 bits per heavy atom. The van der Waals surface area contributed by atoms with Crippen molar-refractivity contribution < 1.29 is 47.3 Å². The number of amides is 2. The average molecular weight is 777 g/mol. The van der Waals surface area contributed by atoms with E-state index in [1.54, 1.807) is 25.7 Å². The molecule has 2 heterocycles. The number of nitrogens with two attached hydrogens (primary N) is 1. The molecular formula is C39H66N5O9Si+. The summed E-state index contributed by atoms with van der Waals surface area (Å²) in [4.78, 5) is 44.4. The van der Waals surface area contributed by atoms with Gasteiger partial charge in [0.2, 0.25) is 12.3 Å². The maximum absolute atomic E-state index is 12.7. The highest BCUT2D eigenvalue weighted by Crippen LogP contribution is 2.37. The predicted molar refractivity (Wildman–Crippen MR) is 208 cm³/mol. The van der Waals surface area contributed by atoms with E-state index in [1.165, 1.54) is 0 Å². The summed E-state index contributed by atoms with van der Waals surface area (Å²) < 4.78 is 33.5. The van der Waals surface area contributed by atoms with Gasteiger partial charge in [0.15, 0.2) is 14.9 Å². The van der Waals surface area contributed by atoms with Gasteiger partial charge in [-0.3, -0.25) is 4.84 Å². The number of likely N-dealkylation sites (tertiary alicyclic amines) is 1. The zero-order valence-corrected chi connectivity index (χ0v) is 36.0. The van der Waals surface area contributed by atoms with Crippen LogP contribution < -0.4 is 20.6 Å². The van der Waals surface area contributed by atoms with E-state index in [-0.39, 0.29) is 36.3 Å². The second-order valence-corrected chi connectivity index (χ2v) is 23.3. The summed E-state index contributed by atoms with van der Waals surface area (Å²) in [6.45, 7) is 29.7. The molecule has 0 spiro atoms. The minimum atomic E-state index is -2.26. The Kier molecular flexibility index (Phi) is 14.4. The van der Waals surface area contributed by atoms with Crippen LogP contribution >= 0.6 is 0 Å². The molecule has 3 rings (SSSR count). The molecule has 2 atom stereocenters. The summed E-state index contributed by atoms with van der Waals surface area (Å²) in [5.74, 6) is 5.51. The highest BCUT2D eigenvalue weighted by atomic mass is 28.4. The van der Waals surface area contributed by atoms with Crippen LogP contribution in [0.25, 0.3) is 11.1 Å². The molecule has 3 N–H and O–H groups in total. The number of esters is 1. The van der Waals surface area contributed by atoms with Crippen LogP contribution in [0.3, 0.4) is 0 Å². The van der Waals surface area contributed by atoms with E-state index in [0.717, 1.165) is 11.1 Å². The quantitative estimate of drug-likeness (QED) is 0.0745. The van der Waals surface area contributed by atoms with Crippen LogP contribution in [0.15, 0.2) is 36.7 Å². The van der Waals surface area contributed by atoms with Gasteiger partial charge in [0.25, 0.3) is 0 Å². The molecule has 1 aliphatic heterocycles. The number of alkyl carbamates (subject to hydrolysis) is 1. The van der Waals surface area contributed by atoms with Gasteiger partial charge in [0.1, 0.15) is 35.3 Å². The van der Waals surface area contributed by atoms with Gasteiger partial charge in [-0.15, -0.1) is 4.68 Å². The molecule has 0 bridgehead atoms. The highest BCUT2D eigenvalue weighted by molar-refractivity contribution is 6.74. The minimum Gasteiger partial charge on any atom is -0.490 e. The first kappa shape index (κ1) is 44.7. The van der Waals surface area contributed by atoms with Crippen molar-refractivity contribution >= 4 is 26.5 Å². The van der Waals surface area contributed by atoms with E-state index in [4.69, 9.17) is 34.1 Å². The number of carbonyl (C=O) groups excluding carboxylic acids is 3. The lowest BCUT2D eigenvalue weighted by molar-refractivity contribution is -0.780. The Hall–Kier alpha value is -3.66. The minimum absolute atomic E-state index is 0.0565. The van der Waals surface area contributed by atoms with Gasteiger partial charge >= 0.3 is 18.2 Å². The molecule has 1 saturated heterocycles. The normalized spacial score (nSPS) is 15.6. The summed E-state index contributed by atoms with van der Waals surface area (Å²) in [6.07, 6.45) is 1.90. The molecular weight excluding hydrogens is 711 g/mol. The van der Waals surface area contributed by atoms with Crippen LogP contribution in [-0.2, 0) is 41.4 Å². The van der Waals surface area contributed by atoms with E-state index >= 15 is 0 Å². The number of rotatable bonds is 14. The van der Waals surface area contributed by atoms with Crippen LogP contribution in [0.5, 0.6) is 5.75 Å². The molecule has 0 unspecified atom stereocenters. The smallest absolute Gasteiger partial charge is 0.410 e. The molecule has 0 saturated carbocycles. The molecule has 2 aromatic rings. The number of carbonyl (C=O) groups is 3. The molecule has 2 amide bonds. The Morgan fingerprint density at radius 3 is 1.96 bits per heavy atom. The molecule has 1 aromatic carbocycles. The molecule has 0 aliphatic carbocycles. The molecule has 0 radical (unpaired) electrons. The van der Waals surface area contributed by atoms with Gasteiger partial charge in [-0.05, 0) is 98.1 Å². The first-order chi connectivity index (χ1) is 24.6. The molecule has 1 aromatic heterocycles. The highest BCUT2D eigenvalue weighted by Gasteiger charge is 2.41. The summed E-state index contributed by atoms with van der Waals surface area (Å²) in [5, 5.41) is 2.88. The first-order valence-electron chi connectivity index (χ1n) is 18.7.